The van der Waals surface area contributed by atoms with Gasteiger partial charge in [-0.25, -0.2) is 0 Å². The Morgan fingerprint density at radius 3 is 1.71 bits per heavy atom. The van der Waals surface area contributed by atoms with Crippen LogP contribution in [0.3, 0.4) is 0 Å². The molecule has 3 rings (SSSR count). The number of aryl methyl sites for hydroxylation is 1. The van der Waals surface area contributed by atoms with Gasteiger partial charge in [0.05, 0.1) is 0 Å². The molecule has 0 heteroatoms. The van der Waals surface area contributed by atoms with Crippen molar-refractivity contribution in [1.29, 1.82) is 0 Å². The van der Waals surface area contributed by atoms with Gasteiger partial charge in [-0.2, -0.15) is 0 Å². The number of rotatable bonds is 4. The van der Waals surface area contributed by atoms with Crippen molar-refractivity contribution in [3.63, 3.8) is 0 Å². The Kier molecular flexibility index (Phi) is 8.48. The van der Waals surface area contributed by atoms with E-state index in [9.17, 15) is 0 Å². The zero-order chi connectivity index (χ0) is 21.5. The van der Waals surface area contributed by atoms with Crippen LogP contribution < -0.4 is 0 Å². The van der Waals surface area contributed by atoms with E-state index in [0.29, 0.717) is 0 Å². The Labute approximate surface area is 174 Å². The Balaban J connectivity index is 0.000000921. The molecule has 0 nitrogen and oxygen atoms in total. The molecule has 0 aliphatic heterocycles. The topological polar surface area (TPSA) is 0 Å². The minimum absolute atomic E-state index is 0.0263. The van der Waals surface area contributed by atoms with Crippen molar-refractivity contribution in [3.05, 3.63) is 84.0 Å². The predicted molar refractivity (Wildman–Crippen MR) is 128 cm³/mol. The van der Waals surface area contributed by atoms with Gasteiger partial charge in [-0.15, -0.1) is 13.2 Å². The van der Waals surface area contributed by atoms with Crippen LogP contribution in [0, 0.1) is 6.92 Å². The van der Waals surface area contributed by atoms with E-state index < -0.39 is 0 Å². The molecule has 0 heterocycles. The zero-order valence-corrected chi connectivity index (χ0v) is 19.4. The van der Waals surface area contributed by atoms with E-state index in [1.807, 2.05) is 27.7 Å². The van der Waals surface area contributed by atoms with E-state index in [2.05, 4.69) is 89.4 Å². The van der Waals surface area contributed by atoms with Gasteiger partial charge in [0.25, 0.3) is 0 Å². The van der Waals surface area contributed by atoms with Gasteiger partial charge in [-0.05, 0) is 53.0 Å². The highest BCUT2D eigenvalue weighted by atomic mass is 14.4. The summed E-state index contributed by atoms with van der Waals surface area (Å²) in [7, 11) is 0. The molecule has 0 saturated heterocycles. The molecule has 28 heavy (non-hydrogen) atoms. The van der Waals surface area contributed by atoms with Gasteiger partial charge in [0, 0.05) is 5.41 Å². The fraction of sp³-hybridized carbons (Fsp3) is 0.429. The monoisotopic (exact) mass is 376 g/mol. The van der Waals surface area contributed by atoms with Crippen LogP contribution in [0.2, 0.25) is 0 Å². The van der Waals surface area contributed by atoms with Crippen LogP contribution >= 0.6 is 0 Å². The van der Waals surface area contributed by atoms with Crippen molar-refractivity contribution < 1.29 is 0 Å². The summed E-state index contributed by atoms with van der Waals surface area (Å²) in [4.78, 5) is 0. The predicted octanol–water partition coefficient (Wildman–Crippen LogP) is 8.76. The summed E-state index contributed by atoms with van der Waals surface area (Å²) in [5.74, 6) is 0. The fourth-order valence-corrected chi connectivity index (χ4v) is 4.09. The quantitative estimate of drug-likeness (QED) is 0.468. The van der Waals surface area contributed by atoms with Gasteiger partial charge in [-0.1, -0.05) is 103 Å². The van der Waals surface area contributed by atoms with Crippen LogP contribution in [-0.2, 0) is 10.8 Å². The lowest BCUT2D eigenvalue weighted by Crippen LogP contribution is -2.24. The molecule has 0 N–H and O–H groups in total. The van der Waals surface area contributed by atoms with Crippen molar-refractivity contribution in [3.8, 4) is 11.1 Å². The first-order valence-electron chi connectivity index (χ1n) is 10.8. The van der Waals surface area contributed by atoms with Gasteiger partial charge < -0.3 is 0 Å². The highest BCUT2D eigenvalue weighted by Gasteiger charge is 2.41. The van der Waals surface area contributed by atoms with Gasteiger partial charge >= 0.3 is 0 Å². The molecule has 0 amide bonds. The van der Waals surface area contributed by atoms with Gasteiger partial charge in [0.1, 0.15) is 0 Å². The first-order chi connectivity index (χ1) is 13.3. The number of hydrogen-bond acceptors (Lipinski definition) is 0. The van der Waals surface area contributed by atoms with Crippen molar-refractivity contribution >= 4 is 0 Å². The highest BCUT2D eigenvalue weighted by molar-refractivity contribution is 5.82. The van der Waals surface area contributed by atoms with E-state index in [1.165, 1.54) is 33.4 Å². The van der Waals surface area contributed by atoms with Gasteiger partial charge in [0.2, 0.25) is 0 Å². The zero-order valence-electron chi connectivity index (χ0n) is 19.4. The third-order valence-electron chi connectivity index (χ3n) is 5.37. The maximum Gasteiger partial charge on any atom is 0.0283 e. The molecule has 0 atom stereocenters. The molecule has 1 aliphatic carbocycles. The lowest BCUT2D eigenvalue weighted by molar-refractivity contribution is 0.536. The molecular formula is C28H40. The Morgan fingerprint density at radius 2 is 1.25 bits per heavy atom. The van der Waals surface area contributed by atoms with E-state index in [1.54, 1.807) is 0 Å². The van der Waals surface area contributed by atoms with E-state index in [0.717, 1.165) is 12.8 Å². The molecule has 0 saturated carbocycles. The molecule has 2 aromatic carbocycles. The molecule has 0 unspecified atom stereocenters. The fourth-order valence-electron chi connectivity index (χ4n) is 4.09. The van der Waals surface area contributed by atoms with Crippen molar-refractivity contribution in [2.24, 2.45) is 0 Å². The molecule has 2 aromatic rings. The average Bonchev–Trinajstić information content (AvgIpc) is 2.94. The second-order valence-electron chi connectivity index (χ2n) is 8.13. The standard InChI is InChI=1S/C24H28.2C2H6/c1-7-13-24(14-8-2)21-15-17(3)9-11-19(21)20-12-10-18(16-22(20)24)23(4,5)6;2*1-2/h7-12,15-16H,1-2,13-14H2,3-6H3;2*1-2H3. The molecule has 152 valence electrons. The summed E-state index contributed by atoms with van der Waals surface area (Å²) in [6, 6.07) is 13.9. The average molecular weight is 377 g/mol. The van der Waals surface area contributed by atoms with Crippen molar-refractivity contribution in [1.82, 2.24) is 0 Å². The van der Waals surface area contributed by atoms with Crippen molar-refractivity contribution in [2.75, 3.05) is 0 Å². The Morgan fingerprint density at radius 1 is 0.786 bits per heavy atom. The molecule has 0 spiro atoms. The molecular weight excluding hydrogens is 336 g/mol. The highest BCUT2D eigenvalue weighted by Crippen LogP contribution is 2.54. The smallest absolute Gasteiger partial charge is 0.0283 e. The third-order valence-corrected chi connectivity index (χ3v) is 5.37. The Bertz CT molecular complexity index is 789. The molecule has 0 fully saturated rings. The second-order valence-corrected chi connectivity index (χ2v) is 8.13. The van der Waals surface area contributed by atoms with E-state index in [4.69, 9.17) is 0 Å². The normalized spacial score (nSPS) is 13.1. The first kappa shape index (κ1) is 24.0. The SMILES string of the molecule is C=CCC1(CC=C)c2cc(C)ccc2-c2ccc(C(C)(C)C)cc21.CC.CC. The lowest BCUT2D eigenvalue weighted by atomic mass is 9.71. The van der Waals surface area contributed by atoms with Gasteiger partial charge in [0.15, 0.2) is 0 Å². The van der Waals surface area contributed by atoms with Crippen LogP contribution in [0.5, 0.6) is 0 Å². The lowest BCUT2D eigenvalue weighted by Gasteiger charge is -2.31. The van der Waals surface area contributed by atoms with Crippen LogP contribution in [0.15, 0.2) is 61.7 Å². The van der Waals surface area contributed by atoms with Crippen LogP contribution in [0.4, 0.5) is 0 Å². The number of hydrogen-bond donors (Lipinski definition) is 0. The number of allylic oxidation sites excluding steroid dienone is 2. The largest absolute Gasteiger partial charge is 0.103 e. The minimum Gasteiger partial charge on any atom is -0.103 e. The summed E-state index contributed by atoms with van der Waals surface area (Å²) >= 11 is 0. The van der Waals surface area contributed by atoms with Gasteiger partial charge in [-0.3, -0.25) is 0 Å². The first-order valence-corrected chi connectivity index (χ1v) is 10.8. The van der Waals surface area contributed by atoms with Crippen LogP contribution in [0.25, 0.3) is 11.1 Å². The molecule has 0 aromatic heterocycles. The summed E-state index contributed by atoms with van der Waals surface area (Å²) in [5, 5.41) is 0. The summed E-state index contributed by atoms with van der Waals surface area (Å²) < 4.78 is 0. The van der Waals surface area contributed by atoms with E-state index >= 15 is 0 Å². The maximum absolute atomic E-state index is 4.06. The van der Waals surface area contributed by atoms with Crippen LogP contribution in [0.1, 0.15) is 83.6 Å². The maximum atomic E-state index is 4.06. The summed E-state index contributed by atoms with van der Waals surface area (Å²) in [6.07, 6.45) is 6.01. The second kappa shape index (κ2) is 9.92. The van der Waals surface area contributed by atoms with E-state index in [-0.39, 0.29) is 10.8 Å². The summed E-state index contributed by atoms with van der Waals surface area (Å²) in [5.41, 5.74) is 8.45. The summed E-state index contributed by atoms with van der Waals surface area (Å²) in [6.45, 7) is 25.1. The van der Waals surface area contributed by atoms with Crippen molar-refractivity contribution in [2.45, 2.75) is 79.1 Å². The number of benzene rings is 2. The molecule has 1 aliphatic rings. The van der Waals surface area contributed by atoms with Crippen LogP contribution in [-0.4, -0.2) is 0 Å². The minimum atomic E-state index is -0.0263. The number of fused-ring (bicyclic) bond motifs is 3. The third kappa shape index (κ3) is 4.32. The molecule has 0 radical (unpaired) electrons. The Hall–Kier alpha value is -2.08. The molecule has 0 bridgehead atoms.